The topological polar surface area (TPSA) is 147 Å². The first-order valence-electron chi connectivity index (χ1n) is 11.6. The van der Waals surface area contributed by atoms with Crippen LogP contribution in [0.3, 0.4) is 0 Å². The molecule has 0 saturated heterocycles. The Bertz CT molecular complexity index is 1960. The second-order valence-electron chi connectivity index (χ2n) is 9.00. The molecule has 0 radical (unpaired) electrons. The monoisotopic (exact) mass is 531 g/mol. The Morgan fingerprint density at radius 3 is 2.61 bits per heavy atom. The predicted molar refractivity (Wildman–Crippen MR) is 141 cm³/mol. The number of fused-ring (bicyclic) bond motifs is 2. The molecule has 13 heteroatoms. The van der Waals surface area contributed by atoms with Gasteiger partial charge in [0.05, 0.1) is 40.6 Å². The van der Waals surface area contributed by atoms with Crippen LogP contribution < -0.4 is 4.72 Å². The molecule has 0 aliphatic rings. The number of H-pyrrole nitrogens is 2. The van der Waals surface area contributed by atoms with Crippen molar-refractivity contribution >= 4 is 32.1 Å². The molecule has 0 spiro atoms. The van der Waals surface area contributed by atoms with Gasteiger partial charge in [-0.2, -0.15) is 5.10 Å². The van der Waals surface area contributed by atoms with Gasteiger partial charge in [0.25, 0.3) is 0 Å². The third kappa shape index (κ3) is 4.31. The highest BCUT2D eigenvalue weighted by atomic mass is 32.2. The largest absolute Gasteiger partial charge is 0.336 e. The first-order valence-corrected chi connectivity index (χ1v) is 13.5. The van der Waals surface area contributed by atoms with E-state index in [1.807, 2.05) is 30.7 Å². The molecule has 38 heavy (non-hydrogen) atoms. The summed E-state index contributed by atoms with van der Waals surface area (Å²) in [5.74, 6) is 0.837. The Kier molecular flexibility index (Phi) is 5.54. The fourth-order valence-electron chi connectivity index (χ4n) is 4.31. The molecule has 0 aliphatic heterocycles. The van der Waals surface area contributed by atoms with Gasteiger partial charge in [-0.25, -0.2) is 32.5 Å². The number of benzene rings is 1. The Labute approximate surface area is 216 Å². The van der Waals surface area contributed by atoms with Gasteiger partial charge in [0.2, 0.25) is 10.0 Å². The van der Waals surface area contributed by atoms with Crippen molar-refractivity contribution in [2.24, 2.45) is 7.05 Å². The minimum Gasteiger partial charge on any atom is -0.336 e. The van der Waals surface area contributed by atoms with Gasteiger partial charge in [-0.1, -0.05) is 0 Å². The molecule has 6 aromatic rings. The molecule has 0 saturated carbocycles. The van der Waals surface area contributed by atoms with Gasteiger partial charge in [0.1, 0.15) is 22.7 Å². The number of pyridine rings is 2. The number of nitrogens with zero attached hydrogens (tertiary/aromatic N) is 6. The number of aromatic nitrogens is 8. The zero-order chi connectivity index (χ0) is 26.6. The zero-order valence-corrected chi connectivity index (χ0v) is 21.4. The Balaban J connectivity index is 1.44. The molecule has 11 nitrogen and oxygen atoms in total. The fourth-order valence-corrected chi connectivity index (χ4v) is 4.74. The third-order valence-corrected chi connectivity index (χ3v) is 6.95. The van der Waals surface area contributed by atoms with E-state index in [4.69, 9.17) is 9.97 Å². The van der Waals surface area contributed by atoms with Crippen LogP contribution >= 0.6 is 0 Å². The summed E-state index contributed by atoms with van der Waals surface area (Å²) in [5.41, 5.74) is 6.10. The summed E-state index contributed by atoms with van der Waals surface area (Å²) in [5, 5.41) is 7.45. The number of aromatic amines is 2. The second kappa shape index (κ2) is 8.82. The van der Waals surface area contributed by atoms with Gasteiger partial charge in [0.15, 0.2) is 11.5 Å². The number of imidazole rings is 2. The molecule has 0 amide bonds. The maximum absolute atomic E-state index is 14.5. The van der Waals surface area contributed by atoms with Crippen LogP contribution in [-0.4, -0.2) is 54.4 Å². The standard InChI is InChI=1S/C25H22FN9O2S/c1-13-28-12-20(35(13)2)17-4-5-19-23(30-17)24(34-33-19)25-31-18-6-7-27-21(22(18)32-25)15-8-14(9-16(26)10-15)11-29-38(3,36)37/h4-10,12,29H,11H2,1-3H3,(H,31,32)(H,33,34). The Morgan fingerprint density at radius 2 is 1.84 bits per heavy atom. The Morgan fingerprint density at radius 1 is 1.03 bits per heavy atom. The number of rotatable bonds is 6. The van der Waals surface area contributed by atoms with E-state index in [0.717, 1.165) is 29.0 Å². The summed E-state index contributed by atoms with van der Waals surface area (Å²) < 4.78 is 41.8. The van der Waals surface area contributed by atoms with Crippen molar-refractivity contribution < 1.29 is 12.8 Å². The van der Waals surface area contributed by atoms with Crippen LogP contribution in [0.15, 0.2) is 48.8 Å². The average molecular weight is 532 g/mol. The molecule has 3 N–H and O–H groups in total. The number of hydrogen-bond donors (Lipinski definition) is 3. The number of aryl methyl sites for hydroxylation is 1. The van der Waals surface area contributed by atoms with Crippen LogP contribution in [0, 0.1) is 12.7 Å². The first kappa shape index (κ1) is 23.9. The van der Waals surface area contributed by atoms with Crippen molar-refractivity contribution in [3.8, 4) is 34.2 Å². The molecule has 6 rings (SSSR count). The summed E-state index contributed by atoms with van der Waals surface area (Å²) in [6.45, 7) is 1.88. The van der Waals surface area contributed by atoms with Gasteiger partial charge < -0.3 is 9.55 Å². The highest BCUT2D eigenvalue weighted by Crippen LogP contribution is 2.31. The van der Waals surface area contributed by atoms with E-state index in [1.54, 1.807) is 24.5 Å². The van der Waals surface area contributed by atoms with Crippen LogP contribution in [0.25, 0.3) is 56.2 Å². The SMILES string of the molecule is Cc1ncc(-c2ccc3[nH]nc(-c4nc5c(-c6cc(F)cc(CNS(C)(=O)=O)c6)nccc5[nH]4)c3n2)n1C. The second-order valence-corrected chi connectivity index (χ2v) is 10.8. The van der Waals surface area contributed by atoms with Crippen LogP contribution in [0.4, 0.5) is 4.39 Å². The maximum Gasteiger partial charge on any atom is 0.209 e. The lowest BCUT2D eigenvalue weighted by Gasteiger charge is -2.07. The van der Waals surface area contributed by atoms with E-state index < -0.39 is 15.8 Å². The molecule has 0 aliphatic carbocycles. The predicted octanol–water partition coefficient (Wildman–Crippen LogP) is 3.46. The molecule has 1 aromatic carbocycles. The normalized spacial score (nSPS) is 12.1. The molecule has 192 valence electrons. The maximum atomic E-state index is 14.5. The third-order valence-electron chi connectivity index (χ3n) is 6.29. The quantitative estimate of drug-likeness (QED) is 0.298. The van der Waals surface area contributed by atoms with Crippen LogP contribution in [-0.2, 0) is 23.6 Å². The summed E-state index contributed by atoms with van der Waals surface area (Å²) in [7, 11) is -1.50. The van der Waals surface area contributed by atoms with Gasteiger partial charge in [-0.15, -0.1) is 0 Å². The van der Waals surface area contributed by atoms with Gasteiger partial charge in [-0.05, 0) is 48.9 Å². The summed E-state index contributed by atoms with van der Waals surface area (Å²) in [4.78, 5) is 21.7. The van der Waals surface area contributed by atoms with Gasteiger partial charge in [0, 0.05) is 25.4 Å². The van der Waals surface area contributed by atoms with E-state index in [0.29, 0.717) is 44.9 Å². The molecule has 0 fully saturated rings. The average Bonchev–Trinajstić information content (AvgIpc) is 3.58. The molecule has 0 unspecified atom stereocenters. The van der Waals surface area contributed by atoms with Crippen molar-refractivity contribution in [3.63, 3.8) is 0 Å². The van der Waals surface area contributed by atoms with Crippen molar-refractivity contribution in [2.45, 2.75) is 13.5 Å². The van der Waals surface area contributed by atoms with Crippen molar-refractivity contribution in [3.05, 3.63) is 66.0 Å². The lowest BCUT2D eigenvalue weighted by Crippen LogP contribution is -2.21. The number of sulfonamides is 1. The van der Waals surface area contributed by atoms with E-state index >= 15 is 0 Å². The van der Waals surface area contributed by atoms with Crippen molar-refractivity contribution in [2.75, 3.05) is 6.26 Å². The van der Waals surface area contributed by atoms with E-state index in [2.05, 4.69) is 29.9 Å². The zero-order valence-electron chi connectivity index (χ0n) is 20.6. The highest BCUT2D eigenvalue weighted by Gasteiger charge is 2.19. The van der Waals surface area contributed by atoms with Crippen molar-refractivity contribution in [1.29, 1.82) is 0 Å². The first-order chi connectivity index (χ1) is 18.2. The van der Waals surface area contributed by atoms with Crippen molar-refractivity contribution in [1.82, 2.24) is 44.4 Å². The molecular formula is C25H22FN9O2S. The van der Waals surface area contributed by atoms with Gasteiger partial charge >= 0.3 is 0 Å². The van der Waals surface area contributed by atoms with Gasteiger partial charge in [-0.3, -0.25) is 10.1 Å². The van der Waals surface area contributed by atoms with Crippen LogP contribution in [0.1, 0.15) is 11.4 Å². The molecular weight excluding hydrogens is 509 g/mol. The van der Waals surface area contributed by atoms with E-state index in [9.17, 15) is 12.8 Å². The lowest BCUT2D eigenvalue weighted by molar-refractivity contribution is 0.586. The van der Waals surface area contributed by atoms with Crippen LogP contribution in [0.2, 0.25) is 0 Å². The molecule has 5 aromatic heterocycles. The Hall–Kier alpha value is -4.49. The number of halogens is 1. The minimum atomic E-state index is -3.44. The van der Waals surface area contributed by atoms with E-state index in [1.165, 1.54) is 12.1 Å². The minimum absolute atomic E-state index is 0.0468. The lowest BCUT2D eigenvalue weighted by atomic mass is 10.1. The number of hydrogen-bond acceptors (Lipinski definition) is 7. The smallest absolute Gasteiger partial charge is 0.209 e. The summed E-state index contributed by atoms with van der Waals surface area (Å²) in [6.07, 6.45) is 4.43. The molecule has 5 heterocycles. The molecule has 0 bridgehead atoms. The van der Waals surface area contributed by atoms with E-state index in [-0.39, 0.29) is 6.54 Å². The summed E-state index contributed by atoms with van der Waals surface area (Å²) >= 11 is 0. The molecule has 0 atom stereocenters. The fraction of sp³-hybridized carbons (Fsp3) is 0.160. The highest BCUT2D eigenvalue weighted by molar-refractivity contribution is 7.88. The number of nitrogens with one attached hydrogen (secondary N) is 3. The summed E-state index contributed by atoms with van der Waals surface area (Å²) in [6, 6.07) is 9.89. The van der Waals surface area contributed by atoms with Crippen LogP contribution in [0.5, 0.6) is 0 Å².